The quantitative estimate of drug-likeness (QED) is 0.866. The molecule has 0 aliphatic carbocycles. The Bertz CT molecular complexity index is 725. The van der Waals surface area contributed by atoms with Gasteiger partial charge in [0.05, 0.1) is 5.71 Å². The Morgan fingerprint density at radius 3 is 2.75 bits per heavy atom. The van der Waals surface area contributed by atoms with Gasteiger partial charge in [0.2, 0.25) is 5.78 Å². The van der Waals surface area contributed by atoms with Crippen LogP contribution < -0.4 is 0 Å². The van der Waals surface area contributed by atoms with Crippen molar-refractivity contribution in [3.8, 4) is 0 Å². The smallest absolute Gasteiger partial charge is 0.345 e. The summed E-state index contributed by atoms with van der Waals surface area (Å²) < 4.78 is 41.1. The molecule has 8 heteroatoms. The molecule has 0 fully saturated rings. The average Bonchev–Trinajstić information content (AvgIpc) is 2.40. The van der Waals surface area contributed by atoms with Crippen LogP contribution in [-0.4, -0.2) is 43.0 Å². The molecule has 0 saturated heterocycles. The summed E-state index contributed by atoms with van der Waals surface area (Å²) in [5, 5.41) is 8.86. The number of rotatable bonds is 3. The van der Waals surface area contributed by atoms with Gasteiger partial charge in [-0.2, -0.15) is 8.42 Å². The molecule has 1 aliphatic rings. The fourth-order valence-electron chi connectivity index (χ4n) is 1.68. The lowest BCUT2D eigenvalue weighted by molar-refractivity contribution is -0.119. The summed E-state index contributed by atoms with van der Waals surface area (Å²) in [6.07, 6.45) is 1.20. The molecular formula is C12H11FN2O4S. The molecule has 0 bridgehead atoms. The first-order chi connectivity index (χ1) is 9.35. The van der Waals surface area contributed by atoms with Crippen molar-refractivity contribution >= 4 is 21.7 Å². The number of halogens is 1. The van der Waals surface area contributed by atoms with Crippen molar-refractivity contribution in [1.29, 1.82) is 0 Å². The zero-order chi connectivity index (χ0) is 14.9. The summed E-state index contributed by atoms with van der Waals surface area (Å²) >= 11 is 0. The molecule has 0 radical (unpaired) electrons. The molecular weight excluding hydrogens is 287 g/mol. The van der Waals surface area contributed by atoms with E-state index in [-0.39, 0.29) is 17.0 Å². The molecule has 2 rings (SSSR count). The number of carbonyl (C=O) groups is 1. The summed E-state index contributed by atoms with van der Waals surface area (Å²) in [4.78, 5) is 11.6. The predicted molar refractivity (Wildman–Crippen MR) is 69.8 cm³/mol. The van der Waals surface area contributed by atoms with Gasteiger partial charge in [0, 0.05) is 12.6 Å². The van der Waals surface area contributed by atoms with E-state index in [1.807, 2.05) is 0 Å². The first kappa shape index (κ1) is 14.4. The van der Waals surface area contributed by atoms with Crippen LogP contribution in [0.4, 0.5) is 4.39 Å². The third-order valence-corrected chi connectivity index (χ3v) is 4.04. The van der Waals surface area contributed by atoms with Crippen LogP contribution in [0.1, 0.15) is 5.56 Å². The highest BCUT2D eigenvalue weighted by Gasteiger charge is 2.29. The Kier molecular flexibility index (Phi) is 3.69. The van der Waals surface area contributed by atoms with E-state index in [1.165, 1.54) is 24.3 Å². The number of aliphatic hydroxyl groups excluding tert-OH is 1. The highest BCUT2D eigenvalue weighted by Crippen LogP contribution is 2.20. The minimum atomic E-state index is -4.08. The molecule has 0 unspecified atom stereocenters. The van der Waals surface area contributed by atoms with Gasteiger partial charge in [-0.15, -0.1) is 4.40 Å². The summed E-state index contributed by atoms with van der Waals surface area (Å²) in [6, 6.07) is 5.19. The fourth-order valence-corrected chi connectivity index (χ4v) is 2.61. The molecule has 0 atom stereocenters. The predicted octanol–water partition coefficient (Wildman–Crippen LogP) is 0.250. The lowest BCUT2D eigenvalue weighted by Crippen LogP contribution is -2.34. The van der Waals surface area contributed by atoms with Crippen molar-refractivity contribution < 1.29 is 22.7 Å². The van der Waals surface area contributed by atoms with Crippen molar-refractivity contribution in [1.82, 2.24) is 4.31 Å². The van der Waals surface area contributed by atoms with Gasteiger partial charge in [-0.25, -0.2) is 4.39 Å². The zero-order valence-corrected chi connectivity index (χ0v) is 11.3. The van der Waals surface area contributed by atoms with Gasteiger partial charge in [-0.05, 0) is 18.2 Å². The topological polar surface area (TPSA) is 87.0 Å². The molecule has 1 aromatic rings. The van der Waals surface area contributed by atoms with E-state index in [0.717, 1.165) is 13.1 Å². The lowest BCUT2D eigenvalue weighted by atomic mass is 10.1. The summed E-state index contributed by atoms with van der Waals surface area (Å²) in [5.41, 5.74) is -0.0499. The second-order valence-corrected chi connectivity index (χ2v) is 5.67. The summed E-state index contributed by atoms with van der Waals surface area (Å²) in [5.74, 6) is -1.31. The number of Topliss-reactive ketones (excluding diaryl/α,β-unsaturated/α-hetero) is 1. The average molecular weight is 298 g/mol. The van der Waals surface area contributed by atoms with Crippen molar-refractivity contribution in [2.75, 3.05) is 13.7 Å². The van der Waals surface area contributed by atoms with Crippen LogP contribution in [0.3, 0.4) is 0 Å². The summed E-state index contributed by atoms with van der Waals surface area (Å²) in [6.45, 7) is -0.831. The van der Waals surface area contributed by atoms with E-state index in [1.54, 1.807) is 0 Å². The minimum absolute atomic E-state index is 0.0561. The molecule has 0 amide bonds. The highest BCUT2D eigenvalue weighted by molar-refractivity contribution is 7.88. The molecule has 20 heavy (non-hydrogen) atoms. The van der Waals surface area contributed by atoms with Crippen molar-refractivity contribution in [3.05, 3.63) is 47.4 Å². The third-order valence-electron chi connectivity index (χ3n) is 2.72. The standard InChI is InChI=1S/C12H11FN2O4S/c1-15-11(12(17)7-16)6-10(14-20(15,18)19)8-3-2-4-9(13)5-8/h2-6,16H,7H2,1H3. The SMILES string of the molecule is CN1C(C(=O)CO)=CC(c2cccc(F)c2)=NS1(=O)=O. The van der Waals surface area contributed by atoms with E-state index in [9.17, 15) is 17.6 Å². The maximum Gasteiger partial charge on any atom is 0.345 e. The molecule has 1 aromatic carbocycles. The van der Waals surface area contributed by atoms with Crippen LogP contribution in [0.15, 0.2) is 40.4 Å². The zero-order valence-electron chi connectivity index (χ0n) is 10.4. The second kappa shape index (κ2) is 5.14. The first-order valence-electron chi connectivity index (χ1n) is 5.55. The van der Waals surface area contributed by atoms with Gasteiger partial charge in [0.25, 0.3) is 0 Å². The van der Waals surface area contributed by atoms with Crippen LogP contribution in [0.25, 0.3) is 0 Å². The third kappa shape index (κ3) is 2.61. The molecule has 6 nitrogen and oxygen atoms in total. The first-order valence-corrected chi connectivity index (χ1v) is 6.95. The van der Waals surface area contributed by atoms with Crippen molar-refractivity contribution in [2.24, 2.45) is 4.40 Å². The molecule has 1 heterocycles. The van der Waals surface area contributed by atoms with Crippen LogP contribution in [0.2, 0.25) is 0 Å². The van der Waals surface area contributed by atoms with E-state index < -0.39 is 28.4 Å². The van der Waals surface area contributed by atoms with Gasteiger partial charge in [-0.1, -0.05) is 12.1 Å². The summed E-state index contributed by atoms with van der Waals surface area (Å²) in [7, 11) is -2.92. The monoisotopic (exact) mass is 298 g/mol. The van der Waals surface area contributed by atoms with Crippen LogP contribution in [0, 0.1) is 5.82 Å². The number of ketones is 1. The van der Waals surface area contributed by atoms with E-state index in [4.69, 9.17) is 5.11 Å². The molecule has 1 aliphatic heterocycles. The Morgan fingerprint density at radius 2 is 2.15 bits per heavy atom. The van der Waals surface area contributed by atoms with Crippen molar-refractivity contribution in [2.45, 2.75) is 0 Å². The molecule has 1 N–H and O–H groups in total. The van der Waals surface area contributed by atoms with Crippen molar-refractivity contribution in [3.63, 3.8) is 0 Å². The maximum absolute atomic E-state index is 13.2. The maximum atomic E-state index is 13.2. The van der Waals surface area contributed by atoms with E-state index in [2.05, 4.69) is 4.40 Å². The molecule has 106 valence electrons. The van der Waals surface area contributed by atoms with Gasteiger partial charge in [0.15, 0.2) is 0 Å². The van der Waals surface area contributed by atoms with E-state index in [0.29, 0.717) is 4.31 Å². The molecule has 0 saturated carbocycles. The van der Waals surface area contributed by atoms with E-state index >= 15 is 0 Å². The van der Waals surface area contributed by atoms with Crippen LogP contribution >= 0.6 is 0 Å². The minimum Gasteiger partial charge on any atom is -0.388 e. The highest BCUT2D eigenvalue weighted by atomic mass is 32.2. The van der Waals surface area contributed by atoms with Gasteiger partial charge >= 0.3 is 10.2 Å². The normalized spacial score (nSPS) is 17.4. The number of hydrogen-bond acceptors (Lipinski definition) is 4. The van der Waals surface area contributed by atoms with Gasteiger partial charge in [0.1, 0.15) is 18.1 Å². The van der Waals surface area contributed by atoms with Gasteiger partial charge in [-0.3, -0.25) is 9.10 Å². The molecule has 0 spiro atoms. The Hall–Kier alpha value is -2.06. The Balaban J connectivity index is 2.58. The largest absolute Gasteiger partial charge is 0.388 e. The Morgan fingerprint density at radius 1 is 1.45 bits per heavy atom. The van der Waals surface area contributed by atoms with Crippen LogP contribution in [0.5, 0.6) is 0 Å². The number of allylic oxidation sites excluding steroid dienone is 1. The van der Waals surface area contributed by atoms with Gasteiger partial charge < -0.3 is 5.11 Å². The Labute approximate surface area is 115 Å². The second-order valence-electron chi connectivity index (χ2n) is 4.04. The molecule has 0 aromatic heterocycles. The number of aliphatic hydroxyl groups is 1. The number of benzene rings is 1. The number of hydrogen-bond donors (Lipinski definition) is 1. The number of likely N-dealkylation sites (N-methyl/N-ethyl adjacent to an activating group) is 1. The number of carbonyl (C=O) groups excluding carboxylic acids is 1. The van der Waals surface area contributed by atoms with Crippen LogP contribution in [-0.2, 0) is 15.0 Å². The number of nitrogens with zero attached hydrogens (tertiary/aromatic N) is 2. The lowest BCUT2D eigenvalue weighted by Gasteiger charge is -2.22. The fraction of sp³-hybridized carbons (Fsp3) is 0.167.